The van der Waals surface area contributed by atoms with Crippen molar-refractivity contribution in [3.05, 3.63) is 47.9 Å². The van der Waals surface area contributed by atoms with E-state index in [4.69, 9.17) is 19.6 Å². The summed E-state index contributed by atoms with van der Waals surface area (Å²) in [6.45, 7) is 5.07. The summed E-state index contributed by atoms with van der Waals surface area (Å²) >= 11 is 0. The molecular weight excluding hydrogens is 242 g/mol. The summed E-state index contributed by atoms with van der Waals surface area (Å²) in [7, 11) is 0. The molecule has 0 aliphatic rings. The highest BCUT2D eigenvalue weighted by Gasteiger charge is 2.14. The molecule has 2 aromatic rings. The van der Waals surface area contributed by atoms with Crippen molar-refractivity contribution in [2.24, 2.45) is 5.73 Å². The summed E-state index contributed by atoms with van der Waals surface area (Å²) in [5.74, 6) is 2.18. The Morgan fingerprint density at radius 1 is 1.11 bits per heavy atom. The van der Waals surface area contributed by atoms with E-state index in [1.54, 1.807) is 6.26 Å². The van der Waals surface area contributed by atoms with Gasteiger partial charge in [0.25, 0.3) is 0 Å². The van der Waals surface area contributed by atoms with E-state index in [1.165, 1.54) is 0 Å². The Balaban J connectivity index is 2.29. The van der Waals surface area contributed by atoms with Crippen LogP contribution in [0.15, 0.2) is 41.0 Å². The van der Waals surface area contributed by atoms with Crippen LogP contribution in [0.3, 0.4) is 0 Å². The molecule has 2 rings (SSSR count). The first-order valence-electron chi connectivity index (χ1n) is 6.44. The van der Waals surface area contributed by atoms with Crippen LogP contribution in [-0.4, -0.2) is 13.2 Å². The van der Waals surface area contributed by atoms with Gasteiger partial charge in [0.05, 0.1) is 25.5 Å². The predicted molar refractivity (Wildman–Crippen MR) is 73.5 cm³/mol. The largest absolute Gasteiger partial charge is 0.490 e. The fraction of sp³-hybridized carbons (Fsp3) is 0.333. The maximum Gasteiger partial charge on any atom is 0.161 e. The summed E-state index contributed by atoms with van der Waals surface area (Å²) in [4.78, 5) is 0. The normalized spacial score (nSPS) is 12.2. The molecule has 0 radical (unpaired) electrons. The van der Waals surface area contributed by atoms with Gasteiger partial charge in [-0.1, -0.05) is 6.07 Å². The van der Waals surface area contributed by atoms with Crippen LogP contribution >= 0.6 is 0 Å². The molecule has 1 atom stereocenters. The minimum absolute atomic E-state index is 0.301. The quantitative estimate of drug-likeness (QED) is 0.868. The Hall–Kier alpha value is -1.94. The fourth-order valence-electron chi connectivity index (χ4n) is 1.89. The lowest BCUT2D eigenvalue weighted by Gasteiger charge is -2.15. The smallest absolute Gasteiger partial charge is 0.161 e. The number of benzene rings is 1. The molecule has 0 saturated heterocycles. The van der Waals surface area contributed by atoms with E-state index >= 15 is 0 Å². The highest BCUT2D eigenvalue weighted by molar-refractivity contribution is 5.45. The molecule has 0 spiro atoms. The Morgan fingerprint density at radius 3 is 2.47 bits per heavy atom. The third-order valence-electron chi connectivity index (χ3n) is 2.78. The highest BCUT2D eigenvalue weighted by atomic mass is 16.5. The molecule has 0 amide bonds. The van der Waals surface area contributed by atoms with Gasteiger partial charge in [0, 0.05) is 0 Å². The van der Waals surface area contributed by atoms with Crippen molar-refractivity contribution in [2.45, 2.75) is 19.9 Å². The number of ether oxygens (including phenoxy) is 2. The molecule has 0 fully saturated rings. The number of furan rings is 1. The van der Waals surface area contributed by atoms with Gasteiger partial charge >= 0.3 is 0 Å². The van der Waals surface area contributed by atoms with Crippen molar-refractivity contribution < 1.29 is 13.9 Å². The molecule has 19 heavy (non-hydrogen) atoms. The van der Waals surface area contributed by atoms with Gasteiger partial charge in [-0.05, 0) is 43.7 Å². The van der Waals surface area contributed by atoms with Crippen molar-refractivity contribution in [1.82, 2.24) is 0 Å². The number of hydrogen-bond acceptors (Lipinski definition) is 4. The molecule has 1 unspecified atom stereocenters. The van der Waals surface area contributed by atoms with Crippen LogP contribution in [0.5, 0.6) is 11.5 Å². The maximum absolute atomic E-state index is 6.16. The van der Waals surface area contributed by atoms with E-state index < -0.39 is 0 Å². The zero-order valence-corrected chi connectivity index (χ0v) is 11.3. The van der Waals surface area contributed by atoms with Crippen molar-refractivity contribution >= 4 is 0 Å². The van der Waals surface area contributed by atoms with Crippen molar-refractivity contribution in [3.8, 4) is 11.5 Å². The topological polar surface area (TPSA) is 57.6 Å². The average Bonchev–Trinajstić information content (AvgIpc) is 2.94. The molecule has 1 heterocycles. The van der Waals surface area contributed by atoms with E-state index in [2.05, 4.69) is 0 Å². The average molecular weight is 261 g/mol. The summed E-state index contributed by atoms with van der Waals surface area (Å²) in [6.07, 6.45) is 1.62. The second-order valence-corrected chi connectivity index (χ2v) is 4.07. The van der Waals surface area contributed by atoms with E-state index in [-0.39, 0.29) is 6.04 Å². The van der Waals surface area contributed by atoms with Crippen LogP contribution in [0.1, 0.15) is 31.2 Å². The van der Waals surface area contributed by atoms with Crippen molar-refractivity contribution in [1.29, 1.82) is 0 Å². The Morgan fingerprint density at radius 2 is 1.84 bits per heavy atom. The van der Waals surface area contributed by atoms with Crippen molar-refractivity contribution in [3.63, 3.8) is 0 Å². The lowest BCUT2D eigenvalue weighted by atomic mass is 10.0. The number of nitrogens with two attached hydrogens (primary N) is 1. The van der Waals surface area contributed by atoms with Crippen LogP contribution in [0.4, 0.5) is 0 Å². The van der Waals surface area contributed by atoms with E-state index in [0.717, 1.165) is 17.1 Å². The number of hydrogen-bond donors (Lipinski definition) is 1. The van der Waals surface area contributed by atoms with Crippen molar-refractivity contribution in [2.75, 3.05) is 13.2 Å². The summed E-state index contributed by atoms with van der Waals surface area (Å²) in [6, 6.07) is 9.11. The summed E-state index contributed by atoms with van der Waals surface area (Å²) in [5, 5.41) is 0. The van der Waals surface area contributed by atoms with Crippen LogP contribution in [-0.2, 0) is 0 Å². The Bertz CT molecular complexity index is 508. The molecule has 1 aromatic carbocycles. The zero-order chi connectivity index (χ0) is 13.7. The van der Waals surface area contributed by atoms with Gasteiger partial charge in [-0.2, -0.15) is 0 Å². The Labute approximate surface area is 113 Å². The monoisotopic (exact) mass is 261 g/mol. The minimum atomic E-state index is -0.301. The maximum atomic E-state index is 6.16. The molecular formula is C15H19NO3. The van der Waals surface area contributed by atoms with Gasteiger partial charge in [-0.3, -0.25) is 0 Å². The third kappa shape index (κ3) is 3.09. The zero-order valence-electron chi connectivity index (χ0n) is 11.3. The van der Waals surface area contributed by atoms with Gasteiger partial charge in [0.15, 0.2) is 11.5 Å². The molecule has 102 valence electrons. The van der Waals surface area contributed by atoms with E-state index in [0.29, 0.717) is 19.0 Å². The second kappa shape index (κ2) is 6.29. The van der Waals surface area contributed by atoms with E-state index in [1.807, 2.05) is 44.2 Å². The van der Waals surface area contributed by atoms with Gasteiger partial charge in [0.2, 0.25) is 0 Å². The lowest BCUT2D eigenvalue weighted by Crippen LogP contribution is -2.11. The Kier molecular flexibility index (Phi) is 4.47. The second-order valence-electron chi connectivity index (χ2n) is 4.07. The lowest BCUT2D eigenvalue weighted by molar-refractivity contribution is 0.287. The standard InChI is InChI=1S/C15H19NO3/c1-3-17-12-8-7-11(10-14(12)18-4-2)15(16)13-6-5-9-19-13/h5-10,15H,3-4,16H2,1-2H3. The first kappa shape index (κ1) is 13.5. The molecule has 1 aromatic heterocycles. The van der Waals surface area contributed by atoms with E-state index in [9.17, 15) is 0 Å². The van der Waals surface area contributed by atoms with Crippen LogP contribution < -0.4 is 15.2 Å². The van der Waals surface area contributed by atoms with Crippen LogP contribution in [0.2, 0.25) is 0 Å². The highest BCUT2D eigenvalue weighted by Crippen LogP contribution is 2.32. The fourth-order valence-corrected chi connectivity index (χ4v) is 1.89. The van der Waals surface area contributed by atoms with Gasteiger partial charge < -0.3 is 19.6 Å². The first-order chi connectivity index (χ1) is 9.26. The predicted octanol–water partition coefficient (Wildman–Crippen LogP) is 3.13. The van der Waals surface area contributed by atoms with Gasteiger partial charge in [0.1, 0.15) is 5.76 Å². The first-order valence-corrected chi connectivity index (χ1v) is 6.44. The third-order valence-corrected chi connectivity index (χ3v) is 2.78. The minimum Gasteiger partial charge on any atom is -0.490 e. The van der Waals surface area contributed by atoms with Crippen LogP contribution in [0, 0.1) is 0 Å². The summed E-state index contributed by atoms with van der Waals surface area (Å²) < 4.78 is 16.4. The molecule has 2 N–H and O–H groups in total. The molecule has 4 heteroatoms. The van der Waals surface area contributed by atoms with Gasteiger partial charge in [-0.15, -0.1) is 0 Å². The molecule has 0 aliphatic carbocycles. The van der Waals surface area contributed by atoms with Gasteiger partial charge in [-0.25, -0.2) is 0 Å². The molecule has 0 bridgehead atoms. The molecule has 4 nitrogen and oxygen atoms in total. The molecule has 0 saturated carbocycles. The summed E-state index contributed by atoms with van der Waals surface area (Å²) in [5.41, 5.74) is 7.09. The number of rotatable bonds is 6. The van der Waals surface area contributed by atoms with Crippen LogP contribution in [0.25, 0.3) is 0 Å². The molecule has 0 aliphatic heterocycles. The SMILES string of the molecule is CCOc1ccc(C(N)c2ccco2)cc1OCC.